The highest BCUT2D eigenvalue weighted by Crippen LogP contribution is 2.26. The Morgan fingerprint density at radius 1 is 1.13 bits per heavy atom. The Morgan fingerprint density at radius 2 is 1.87 bits per heavy atom. The van der Waals surface area contributed by atoms with Gasteiger partial charge in [-0.05, 0) is 50.7 Å². The molecule has 30 heavy (non-hydrogen) atoms. The summed E-state index contributed by atoms with van der Waals surface area (Å²) >= 11 is 0. The zero-order chi connectivity index (χ0) is 22.1. The largest absolute Gasteiger partial charge is 0.466 e. The second-order valence-electron chi connectivity index (χ2n) is 8.17. The molecule has 1 fully saturated rings. The van der Waals surface area contributed by atoms with Crippen molar-refractivity contribution < 1.29 is 14.3 Å². The van der Waals surface area contributed by atoms with Gasteiger partial charge >= 0.3 is 5.97 Å². The smallest absolute Gasteiger partial charge is 0.311 e. The molecule has 2 rings (SSSR count). The zero-order valence-corrected chi connectivity index (χ0v) is 19.1. The van der Waals surface area contributed by atoms with Gasteiger partial charge in [0.25, 0.3) is 11.5 Å². The van der Waals surface area contributed by atoms with E-state index in [0.717, 1.165) is 62.6 Å². The fourth-order valence-electron chi connectivity index (χ4n) is 4.40. The molecule has 6 heteroatoms. The molecule has 168 valence electrons. The first kappa shape index (κ1) is 24.2. The summed E-state index contributed by atoms with van der Waals surface area (Å²) in [7, 11) is 0. The van der Waals surface area contributed by atoms with Crippen LogP contribution in [-0.2, 0) is 28.9 Å². The van der Waals surface area contributed by atoms with Crippen molar-refractivity contribution in [2.45, 2.75) is 98.1 Å². The van der Waals surface area contributed by atoms with Crippen molar-refractivity contribution in [1.29, 1.82) is 0 Å². The summed E-state index contributed by atoms with van der Waals surface area (Å²) in [6.45, 7) is 9.01. The van der Waals surface area contributed by atoms with Crippen LogP contribution in [0.25, 0.3) is 0 Å². The van der Waals surface area contributed by atoms with E-state index in [1.807, 2.05) is 4.57 Å². The van der Waals surface area contributed by atoms with Crippen LogP contribution >= 0.6 is 0 Å². The second kappa shape index (κ2) is 11.9. The van der Waals surface area contributed by atoms with E-state index in [-0.39, 0.29) is 35.0 Å². The van der Waals surface area contributed by atoms with E-state index >= 15 is 0 Å². The number of rotatable bonds is 10. The number of nitrogens with one attached hydrogen (secondary N) is 1. The van der Waals surface area contributed by atoms with Crippen LogP contribution in [0.2, 0.25) is 0 Å². The molecule has 0 radical (unpaired) electrons. The van der Waals surface area contributed by atoms with Crippen molar-refractivity contribution in [2.75, 3.05) is 6.61 Å². The molecule has 0 aromatic carbocycles. The minimum absolute atomic E-state index is 0.191. The summed E-state index contributed by atoms with van der Waals surface area (Å²) < 4.78 is 7.02. The lowest BCUT2D eigenvalue weighted by Gasteiger charge is -2.30. The number of unbranched alkanes of at least 4 members (excludes halogenated alkanes) is 1. The van der Waals surface area contributed by atoms with Gasteiger partial charge in [-0.2, -0.15) is 0 Å². The molecule has 1 aromatic rings. The topological polar surface area (TPSA) is 77.4 Å². The molecular formula is C24H38N2O4. The van der Waals surface area contributed by atoms with Crippen molar-refractivity contribution in [2.24, 2.45) is 5.92 Å². The molecule has 1 amide bonds. The number of amides is 1. The van der Waals surface area contributed by atoms with Gasteiger partial charge in [0, 0.05) is 18.3 Å². The first-order valence-electron chi connectivity index (χ1n) is 11.7. The normalized spacial score (nSPS) is 18.8. The maximum absolute atomic E-state index is 13.3. The molecule has 1 heterocycles. The minimum atomic E-state index is -0.371. The highest BCUT2D eigenvalue weighted by molar-refractivity contribution is 5.94. The van der Waals surface area contributed by atoms with E-state index in [1.165, 1.54) is 0 Å². The molecule has 1 aromatic heterocycles. The number of pyridine rings is 1. The van der Waals surface area contributed by atoms with E-state index in [2.05, 4.69) is 26.1 Å². The predicted octanol–water partition coefficient (Wildman–Crippen LogP) is 4.02. The first-order valence-corrected chi connectivity index (χ1v) is 11.7. The summed E-state index contributed by atoms with van der Waals surface area (Å²) in [5.74, 6) is -0.963. The summed E-state index contributed by atoms with van der Waals surface area (Å²) in [6, 6.07) is 1.49. The molecule has 1 aliphatic carbocycles. The van der Waals surface area contributed by atoms with Gasteiger partial charge in [-0.25, -0.2) is 0 Å². The van der Waals surface area contributed by atoms with Crippen LogP contribution in [0.1, 0.15) is 94.3 Å². The molecule has 1 aliphatic rings. The Labute approximate surface area is 180 Å². The summed E-state index contributed by atoms with van der Waals surface area (Å²) in [5.41, 5.74) is 2.08. The minimum Gasteiger partial charge on any atom is -0.466 e. The number of aryl methyl sites for hydroxylation is 1. The highest BCUT2D eigenvalue weighted by atomic mass is 16.5. The SMILES string of the molecule is CCCCn1c(CCC)c(CC)cc(C(=O)NC2CCCCC2C(=O)OCC)c1=O. The fourth-order valence-corrected chi connectivity index (χ4v) is 4.40. The second-order valence-corrected chi connectivity index (χ2v) is 8.17. The van der Waals surface area contributed by atoms with Crippen LogP contribution in [-0.4, -0.2) is 29.1 Å². The number of hydrogen-bond acceptors (Lipinski definition) is 4. The molecule has 0 aliphatic heterocycles. The average Bonchev–Trinajstić information content (AvgIpc) is 2.74. The lowest BCUT2D eigenvalue weighted by atomic mass is 9.84. The van der Waals surface area contributed by atoms with Gasteiger partial charge in [0.15, 0.2) is 0 Å². The van der Waals surface area contributed by atoms with Gasteiger partial charge in [-0.15, -0.1) is 0 Å². The van der Waals surface area contributed by atoms with E-state index in [0.29, 0.717) is 19.6 Å². The average molecular weight is 419 g/mol. The van der Waals surface area contributed by atoms with Crippen molar-refractivity contribution >= 4 is 11.9 Å². The van der Waals surface area contributed by atoms with E-state index in [4.69, 9.17) is 4.74 Å². The molecule has 2 unspecified atom stereocenters. The lowest BCUT2D eigenvalue weighted by Crippen LogP contribution is -2.47. The van der Waals surface area contributed by atoms with Gasteiger partial charge < -0.3 is 14.6 Å². The number of esters is 1. The molecule has 0 bridgehead atoms. The van der Waals surface area contributed by atoms with Gasteiger partial charge in [-0.1, -0.05) is 46.5 Å². The van der Waals surface area contributed by atoms with Gasteiger partial charge in [0.2, 0.25) is 0 Å². The maximum Gasteiger partial charge on any atom is 0.311 e. The van der Waals surface area contributed by atoms with Crippen LogP contribution < -0.4 is 10.9 Å². The van der Waals surface area contributed by atoms with Crippen LogP contribution in [0.5, 0.6) is 0 Å². The van der Waals surface area contributed by atoms with Crippen LogP contribution in [0.3, 0.4) is 0 Å². The van der Waals surface area contributed by atoms with Crippen LogP contribution in [0, 0.1) is 5.92 Å². The lowest BCUT2D eigenvalue weighted by molar-refractivity contribution is -0.150. The van der Waals surface area contributed by atoms with Crippen molar-refractivity contribution in [1.82, 2.24) is 9.88 Å². The predicted molar refractivity (Wildman–Crippen MR) is 119 cm³/mol. The van der Waals surface area contributed by atoms with Gasteiger partial charge in [-0.3, -0.25) is 14.4 Å². The van der Waals surface area contributed by atoms with E-state index in [1.54, 1.807) is 13.0 Å². The Morgan fingerprint density at radius 3 is 2.50 bits per heavy atom. The Bertz CT molecular complexity index is 784. The zero-order valence-electron chi connectivity index (χ0n) is 19.1. The molecule has 2 atom stereocenters. The molecule has 0 spiro atoms. The number of carbonyl (C=O) groups excluding carboxylic acids is 2. The number of carbonyl (C=O) groups is 2. The summed E-state index contributed by atoms with van der Waals surface area (Å²) in [6.07, 6.45) is 7.79. The molecule has 6 nitrogen and oxygen atoms in total. The van der Waals surface area contributed by atoms with E-state index < -0.39 is 0 Å². The van der Waals surface area contributed by atoms with Crippen LogP contribution in [0.4, 0.5) is 0 Å². The Hall–Kier alpha value is -2.11. The number of nitrogens with zero attached hydrogens (tertiary/aromatic N) is 1. The number of ether oxygens (including phenoxy) is 1. The molecule has 1 saturated carbocycles. The van der Waals surface area contributed by atoms with Gasteiger partial charge in [0.1, 0.15) is 5.56 Å². The van der Waals surface area contributed by atoms with Crippen LogP contribution in [0.15, 0.2) is 10.9 Å². The standard InChI is InChI=1S/C24H38N2O4/c1-5-9-15-26-21(12-6-2)17(7-3)16-19(23(26)28)22(27)25-20-14-11-10-13-18(20)24(29)30-8-4/h16,18,20H,5-15H2,1-4H3,(H,25,27). The van der Waals surface area contributed by atoms with Crippen molar-refractivity contribution in [3.63, 3.8) is 0 Å². The van der Waals surface area contributed by atoms with Gasteiger partial charge in [0.05, 0.1) is 12.5 Å². The third-order valence-corrected chi connectivity index (χ3v) is 6.01. The third kappa shape index (κ3) is 5.73. The molecular weight excluding hydrogens is 380 g/mol. The Kier molecular flexibility index (Phi) is 9.60. The highest BCUT2D eigenvalue weighted by Gasteiger charge is 2.33. The Balaban J connectivity index is 2.35. The summed E-state index contributed by atoms with van der Waals surface area (Å²) in [4.78, 5) is 38.7. The monoisotopic (exact) mass is 418 g/mol. The van der Waals surface area contributed by atoms with Crippen molar-refractivity contribution in [3.8, 4) is 0 Å². The number of aromatic nitrogens is 1. The summed E-state index contributed by atoms with van der Waals surface area (Å²) in [5, 5.41) is 3.00. The molecule has 1 N–H and O–H groups in total. The third-order valence-electron chi connectivity index (χ3n) is 6.01. The number of hydrogen-bond donors (Lipinski definition) is 1. The fraction of sp³-hybridized carbons (Fsp3) is 0.708. The molecule has 0 saturated heterocycles. The van der Waals surface area contributed by atoms with E-state index in [9.17, 15) is 14.4 Å². The first-order chi connectivity index (χ1) is 14.5. The van der Waals surface area contributed by atoms with Crippen molar-refractivity contribution in [3.05, 3.63) is 33.2 Å². The quantitative estimate of drug-likeness (QED) is 0.582. The maximum atomic E-state index is 13.3.